The zero-order chi connectivity index (χ0) is 9.80. The lowest BCUT2D eigenvalue weighted by Crippen LogP contribution is -2.17. The summed E-state index contributed by atoms with van der Waals surface area (Å²) in [6.07, 6.45) is 6.88. The molecule has 1 nitrogen and oxygen atoms in total. The van der Waals surface area contributed by atoms with Gasteiger partial charge < -0.3 is 5.32 Å². The molecule has 0 aliphatic carbocycles. The minimum absolute atomic E-state index is 0.550. The normalized spacial score (nSPS) is 21.9. The first-order valence-electron chi connectivity index (χ1n) is 5.02. The van der Waals surface area contributed by atoms with E-state index in [4.69, 9.17) is 11.6 Å². The van der Waals surface area contributed by atoms with Gasteiger partial charge in [-0.05, 0) is 37.1 Å². The van der Waals surface area contributed by atoms with Gasteiger partial charge in [0, 0.05) is 11.1 Å². The summed E-state index contributed by atoms with van der Waals surface area (Å²) in [6.45, 7) is 1.14. The molecule has 0 radical (unpaired) electrons. The number of nitrogens with one attached hydrogen (secondary N) is 1. The van der Waals surface area contributed by atoms with Gasteiger partial charge in [-0.25, -0.2) is 0 Å². The van der Waals surface area contributed by atoms with Crippen LogP contribution in [-0.4, -0.2) is 12.6 Å². The molecule has 2 heteroatoms. The molecule has 0 unspecified atom stereocenters. The van der Waals surface area contributed by atoms with Gasteiger partial charge in [0.2, 0.25) is 0 Å². The van der Waals surface area contributed by atoms with E-state index >= 15 is 0 Å². The molecule has 0 bridgehead atoms. The predicted octanol–water partition coefficient (Wildman–Crippen LogP) is 3.11. The summed E-state index contributed by atoms with van der Waals surface area (Å²) in [7, 11) is 0. The molecule has 1 atom stereocenters. The van der Waals surface area contributed by atoms with E-state index in [9.17, 15) is 0 Å². The molecular weight excluding hydrogens is 194 g/mol. The Morgan fingerprint density at radius 2 is 2.36 bits per heavy atom. The van der Waals surface area contributed by atoms with Gasteiger partial charge in [0.25, 0.3) is 0 Å². The molecule has 14 heavy (non-hydrogen) atoms. The number of benzene rings is 1. The van der Waals surface area contributed by atoms with Crippen molar-refractivity contribution >= 4 is 17.7 Å². The number of hydrogen-bond donors (Lipinski definition) is 1. The summed E-state index contributed by atoms with van der Waals surface area (Å²) in [4.78, 5) is 0. The second kappa shape index (κ2) is 4.63. The van der Waals surface area contributed by atoms with Crippen molar-refractivity contribution in [2.75, 3.05) is 6.54 Å². The lowest BCUT2D eigenvalue weighted by Gasteiger charge is -2.02. The van der Waals surface area contributed by atoms with Crippen molar-refractivity contribution in [3.8, 4) is 0 Å². The van der Waals surface area contributed by atoms with E-state index < -0.39 is 0 Å². The van der Waals surface area contributed by atoms with Crippen LogP contribution in [-0.2, 0) is 0 Å². The van der Waals surface area contributed by atoms with Gasteiger partial charge in [0.05, 0.1) is 0 Å². The Bertz CT molecular complexity index is 327. The van der Waals surface area contributed by atoms with E-state index in [-0.39, 0.29) is 0 Å². The molecule has 1 aromatic carbocycles. The van der Waals surface area contributed by atoms with Crippen molar-refractivity contribution in [1.29, 1.82) is 0 Å². The molecule has 0 aromatic heterocycles. The summed E-state index contributed by atoms with van der Waals surface area (Å²) < 4.78 is 0. The average molecular weight is 208 g/mol. The van der Waals surface area contributed by atoms with E-state index in [2.05, 4.69) is 23.5 Å². The fraction of sp³-hybridized carbons (Fsp3) is 0.333. The van der Waals surface area contributed by atoms with Crippen LogP contribution in [0.3, 0.4) is 0 Å². The monoisotopic (exact) mass is 207 g/mol. The van der Waals surface area contributed by atoms with E-state index in [1.54, 1.807) is 0 Å². The lowest BCUT2D eigenvalue weighted by atomic mass is 10.1. The van der Waals surface area contributed by atoms with Gasteiger partial charge in [0.15, 0.2) is 0 Å². The molecule has 1 aliphatic rings. The van der Waals surface area contributed by atoms with E-state index in [1.165, 1.54) is 18.4 Å². The van der Waals surface area contributed by atoms with E-state index in [1.807, 2.05) is 18.2 Å². The fourth-order valence-electron chi connectivity index (χ4n) is 1.71. The molecule has 74 valence electrons. The molecular formula is C12H14ClN. The first-order chi connectivity index (χ1) is 6.84. The van der Waals surface area contributed by atoms with Crippen molar-refractivity contribution in [1.82, 2.24) is 5.32 Å². The highest BCUT2D eigenvalue weighted by atomic mass is 35.5. The van der Waals surface area contributed by atoms with Crippen LogP contribution in [0.2, 0.25) is 5.02 Å². The maximum atomic E-state index is 5.89. The highest BCUT2D eigenvalue weighted by molar-refractivity contribution is 6.30. The third kappa shape index (κ3) is 2.60. The van der Waals surface area contributed by atoms with Gasteiger partial charge in [0.1, 0.15) is 0 Å². The predicted molar refractivity (Wildman–Crippen MR) is 61.5 cm³/mol. The first kappa shape index (κ1) is 9.75. The zero-order valence-electron chi connectivity index (χ0n) is 8.04. The van der Waals surface area contributed by atoms with Crippen molar-refractivity contribution < 1.29 is 0 Å². The van der Waals surface area contributed by atoms with E-state index in [0.29, 0.717) is 6.04 Å². The van der Waals surface area contributed by atoms with Crippen molar-refractivity contribution in [2.24, 2.45) is 0 Å². The van der Waals surface area contributed by atoms with Gasteiger partial charge in [-0.3, -0.25) is 0 Å². The molecule has 2 rings (SSSR count). The number of hydrogen-bond acceptors (Lipinski definition) is 1. The summed E-state index contributed by atoms with van der Waals surface area (Å²) in [5, 5.41) is 4.22. The summed E-state index contributed by atoms with van der Waals surface area (Å²) in [5.74, 6) is 0. The van der Waals surface area contributed by atoms with Crippen LogP contribution in [0.15, 0.2) is 30.3 Å². The van der Waals surface area contributed by atoms with Crippen LogP contribution in [0.4, 0.5) is 0 Å². The zero-order valence-corrected chi connectivity index (χ0v) is 8.80. The fourth-order valence-corrected chi connectivity index (χ4v) is 1.91. The largest absolute Gasteiger partial charge is 0.311 e. The second-order valence-corrected chi connectivity index (χ2v) is 4.05. The third-order valence-corrected chi connectivity index (χ3v) is 2.70. The van der Waals surface area contributed by atoms with Crippen molar-refractivity contribution in [3.63, 3.8) is 0 Å². The number of halogens is 1. The molecule has 1 heterocycles. The molecule has 0 spiro atoms. The second-order valence-electron chi connectivity index (χ2n) is 3.62. The summed E-state index contributed by atoms with van der Waals surface area (Å²) >= 11 is 5.89. The van der Waals surface area contributed by atoms with Gasteiger partial charge in [-0.2, -0.15) is 0 Å². The topological polar surface area (TPSA) is 12.0 Å². The maximum Gasteiger partial charge on any atom is 0.0411 e. The standard InChI is InChI=1S/C12H14ClN/c13-11-4-1-3-10(9-11)6-7-12-5-2-8-14-12/h1,3-4,6-7,9,12,14H,2,5,8H2/b7-6+/t12-/m1/s1. The molecule has 1 N–H and O–H groups in total. The van der Waals surface area contributed by atoms with Crippen LogP contribution >= 0.6 is 11.6 Å². The van der Waals surface area contributed by atoms with Crippen LogP contribution < -0.4 is 5.32 Å². The highest BCUT2D eigenvalue weighted by Gasteiger charge is 2.09. The Morgan fingerprint density at radius 3 is 3.07 bits per heavy atom. The Balaban J connectivity index is 2.02. The SMILES string of the molecule is Clc1cccc(/C=C/[C@H]2CCCN2)c1. The average Bonchev–Trinajstić information content (AvgIpc) is 2.67. The van der Waals surface area contributed by atoms with Gasteiger partial charge >= 0.3 is 0 Å². The molecule has 1 aromatic rings. The van der Waals surface area contributed by atoms with Crippen LogP contribution in [0, 0.1) is 0 Å². The number of rotatable bonds is 2. The molecule has 1 saturated heterocycles. The van der Waals surface area contributed by atoms with Crippen LogP contribution in [0.5, 0.6) is 0 Å². The Morgan fingerprint density at radius 1 is 1.43 bits per heavy atom. The smallest absolute Gasteiger partial charge is 0.0411 e. The Hall–Kier alpha value is -0.790. The minimum Gasteiger partial charge on any atom is -0.311 e. The maximum absolute atomic E-state index is 5.89. The lowest BCUT2D eigenvalue weighted by molar-refractivity contribution is 0.730. The Labute approximate surface area is 89.8 Å². The quantitative estimate of drug-likeness (QED) is 0.786. The van der Waals surface area contributed by atoms with Gasteiger partial charge in [-0.15, -0.1) is 0 Å². The molecule has 0 amide bonds. The third-order valence-electron chi connectivity index (χ3n) is 2.47. The van der Waals surface area contributed by atoms with Crippen molar-refractivity contribution in [3.05, 3.63) is 40.9 Å². The molecule has 1 aliphatic heterocycles. The van der Waals surface area contributed by atoms with Crippen molar-refractivity contribution in [2.45, 2.75) is 18.9 Å². The molecule has 0 saturated carbocycles. The Kier molecular flexibility index (Phi) is 3.22. The van der Waals surface area contributed by atoms with Gasteiger partial charge in [-0.1, -0.05) is 35.9 Å². The van der Waals surface area contributed by atoms with Crippen LogP contribution in [0.25, 0.3) is 6.08 Å². The van der Waals surface area contributed by atoms with E-state index in [0.717, 1.165) is 11.6 Å². The summed E-state index contributed by atoms with van der Waals surface area (Å²) in [5.41, 5.74) is 1.17. The van der Waals surface area contributed by atoms with Crippen LogP contribution in [0.1, 0.15) is 18.4 Å². The molecule has 1 fully saturated rings. The summed E-state index contributed by atoms with van der Waals surface area (Å²) in [6, 6.07) is 8.47. The highest BCUT2D eigenvalue weighted by Crippen LogP contribution is 2.13. The first-order valence-corrected chi connectivity index (χ1v) is 5.39. The minimum atomic E-state index is 0.550.